The lowest BCUT2D eigenvalue weighted by atomic mass is 10.4. The summed E-state index contributed by atoms with van der Waals surface area (Å²) < 4.78 is 29.3. The van der Waals surface area contributed by atoms with E-state index in [9.17, 15) is 18.4 Å². The number of alkyl halides is 2. The third kappa shape index (κ3) is 2.98. The number of hydrogen-bond acceptors (Lipinski definition) is 4. The Morgan fingerprint density at radius 1 is 1.53 bits per heavy atom. The average Bonchev–Trinajstić information content (AvgIpc) is 2.47. The number of anilines is 1. The van der Waals surface area contributed by atoms with Gasteiger partial charge in [0.25, 0.3) is 0 Å². The van der Waals surface area contributed by atoms with Gasteiger partial charge in [0.05, 0.1) is 4.88 Å². The van der Waals surface area contributed by atoms with Gasteiger partial charge in [-0.3, -0.25) is 9.59 Å². The molecule has 1 N–H and O–H groups in total. The second-order valence-electron chi connectivity index (χ2n) is 2.63. The molecule has 0 aliphatic rings. The van der Waals surface area contributed by atoms with Crippen LogP contribution in [0.25, 0.3) is 0 Å². The molecule has 0 spiro atoms. The molecular weight excluding hydrogens is 228 g/mol. The summed E-state index contributed by atoms with van der Waals surface area (Å²) in [6.45, 7) is 0.565. The highest BCUT2D eigenvalue weighted by Gasteiger charge is 2.26. The average molecular weight is 235 g/mol. The number of carbonyl (C=O) groups excluding carboxylic acids is 2. The molecule has 0 aliphatic heterocycles. The molecule has 0 saturated heterocycles. The van der Waals surface area contributed by atoms with Crippen molar-refractivity contribution < 1.29 is 23.1 Å². The summed E-state index contributed by atoms with van der Waals surface area (Å²) in [4.78, 5) is 20.8. The van der Waals surface area contributed by atoms with Crippen molar-refractivity contribution in [2.45, 2.75) is 13.0 Å². The fourth-order valence-electron chi connectivity index (χ4n) is 0.912. The van der Waals surface area contributed by atoms with Crippen LogP contribution < -0.4 is 10.1 Å². The lowest BCUT2D eigenvalue weighted by Gasteiger charge is -2.12. The number of aldehydes is 1. The third-order valence-corrected chi connectivity index (χ3v) is 2.27. The highest BCUT2D eigenvalue weighted by atomic mass is 32.1. The highest BCUT2D eigenvalue weighted by molar-refractivity contribution is 7.12. The zero-order chi connectivity index (χ0) is 11.5. The number of amides is 1. The molecule has 1 amide bonds. The van der Waals surface area contributed by atoms with Crippen LogP contribution in [0, 0.1) is 0 Å². The fraction of sp³-hybridized carbons (Fsp3) is 0.250. The summed E-state index contributed by atoms with van der Waals surface area (Å²) in [6, 6.07) is 0. The molecule has 0 unspecified atom stereocenters. The molecule has 0 fully saturated rings. The molecule has 82 valence electrons. The van der Waals surface area contributed by atoms with E-state index in [0.29, 0.717) is 13.2 Å². The van der Waals surface area contributed by atoms with Crippen molar-refractivity contribution in [3.8, 4) is 5.75 Å². The molecular formula is C8H7F2NO3S. The van der Waals surface area contributed by atoms with Gasteiger partial charge in [0.15, 0.2) is 12.0 Å². The first-order valence-corrected chi connectivity index (χ1v) is 4.69. The van der Waals surface area contributed by atoms with Crippen molar-refractivity contribution in [2.75, 3.05) is 5.32 Å². The molecule has 0 atom stereocenters. The molecule has 15 heavy (non-hydrogen) atoms. The first-order chi connectivity index (χ1) is 6.98. The van der Waals surface area contributed by atoms with Crippen molar-refractivity contribution in [3.05, 3.63) is 10.3 Å². The summed E-state index contributed by atoms with van der Waals surface area (Å²) in [5.74, 6) is -0.221. The first kappa shape index (κ1) is 11.6. The van der Waals surface area contributed by atoms with Crippen molar-refractivity contribution in [2.24, 2.45) is 0 Å². The van der Waals surface area contributed by atoms with E-state index in [-0.39, 0.29) is 22.7 Å². The van der Waals surface area contributed by atoms with E-state index in [4.69, 9.17) is 0 Å². The number of thiophene rings is 1. The van der Waals surface area contributed by atoms with Crippen molar-refractivity contribution >= 4 is 29.7 Å². The maximum Gasteiger partial charge on any atom is 0.395 e. The zero-order valence-electron chi connectivity index (χ0n) is 7.62. The molecule has 0 aliphatic carbocycles. The predicted octanol–water partition coefficient (Wildman–Crippen LogP) is 2.12. The summed E-state index contributed by atoms with van der Waals surface area (Å²) in [7, 11) is 0. The summed E-state index contributed by atoms with van der Waals surface area (Å²) in [5, 5.41) is 3.37. The van der Waals surface area contributed by atoms with E-state index in [2.05, 4.69) is 10.1 Å². The Morgan fingerprint density at radius 2 is 2.20 bits per heavy atom. The molecule has 4 nitrogen and oxygen atoms in total. The summed E-state index contributed by atoms with van der Waals surface area (Å²) >= 11 is 0.909. The fourth-order valence-corrected chi connectivity index (χ4v) is 1.65. The number of nitrogens with one attached hydrogen (secondary N) is 1. The first-order valence-electron chi connectivity index (χ1n) is 3.81. The van der Waals surface area contributed by atoms with E-state index >= 15 is 0 Å². The Labute approximate surface area is 87.8 Å². The number of halogens is 2. The molecule has 0 aromatic carbocycles. The Hall–Kier alpha value is -1.50. The van der Waals surface area contributed by atoms with Crippen molar-refractivity contribution in [1.82, 2.24) is 0 Å². The second-order valence-corrected chi connectivity index (χ2v) is 3.54. The lowest BCUT2D eigenvalue weighted by molar-refractivity contribution is -0.158. The van der Waals surface area contributed by atoms with Gasteiger partial charge in [0.2, 0.25) is 6.41 Å². The van der Waals surface area contributed by atoms with Crippen LogP contribution in [0.2, 0.25) is 0 Å². The van der Waals surface area contributed by atoms with Gasteiger partial charge in [-0.25, -0.2) is 0 Å². The highest BCUT2D eigenvalue weighted by Crippen LogP contribution is 2.36. The van der Waals surface area contributed by atoms with Gasteiger partial charge in [-0.1, -0.05) is 0 Å². The van der Waals surface area contributed by atoms with E-state index in [1.807, 2.05) is 0 Å². The van der Waals surface area contributed by atoms with Crippen LogP contribution in [0.15, 0.2) is 5.38 Å². The second kappa shape index (κ2) is 4.35. The lowest BCUT2D eigenvalue weighted by Crippen LogP contribution is -2.19. The van der Waals surface area contributed by atoms with Crippen LogP contribution in [-0.2, 0) is 4.79 Å². The van der Waals surface area contributed by atoms with Crippen LogP contribution in [0.3, 0.4) is 0 Å². The van der Waals surface area contributed by atoms with Gasteiger partial charge in [0, 0.05) is 12.3 Å². The van der Waals surface area contributed by atoms with E-state index in [1.165, 1.54) is 5.38 Å². The van der Waals surface area contributed by atoms with E-state index in [1.54, 1.807) is 0 Å². The molecule has 1 aromatic rings. The van der Waals surface area contributed by atoms with Gasteiger partial charge in [-0.05, 0) is 0 Å². The van der Waals surface area contributed by atoms with Crippen LogP contribution in [0.5, 0.6) is 5.75 Å². The van der Waals surface area contributed by atoms with Crippen LogP contribution in [0.4, 0.5) is 14.5 Å². The van der Waals surface area contributed by atoms with Crippen LogP contribution in [-0.4, -0.2) is 18.8 Å². The molecule has 1 aromatic heterocycles. The standard InChI is InChI=1S/C8H7F2NO3S/c1-8(9,10)14-5-3-15-6(2-12)7(5)11-4-13/h2-4H,1H3,(H,11,13). The third-order valence-electron chi connectivity index (χ3n) is 1.39. The minimum atomic E-state index is -3.36. The SMILES string of the molecule is CC(F)(F)Oc1csc(C=O)c1NC=O. The van der Waals surface area contributed by atoms with E-state index in [0.717, 1.165) is 11.3 Å². The molecule has 7 heteroatoms. The zero-order valence-corrected chi connectivity index (χ0v) is 8.44. The van der Waals surface area contributed by atoms with Gasteiger partial charge in [-0.15, -0.1) is 11.3 Å². The minimum Gasteiger partial charge on any atom is -0.430 e. The van der Waals surface area contributed by atoms with Gasteiger partial charge in [0.1, 0.15) is 5.69 Å². The van der Waals surface area contributed by atoms with Gasteiger partial charge in [-0.2, -0.15) is 8.78 Å². The molecule has 1 heterocycles. The maximum absolute atomic E-state index is 12.5. The van der Waals surface area contributed by atoms with Gasteiger partial charge >= 0.3 is 6.11 Å². The predicted molar refractivity (Wildman–Crippen MR) is 50.6 cm³/mol. The number of hydrogen-bond donors (Lipinski definition) is 1. The summed E-state index contributed by atoms with van der Waals surface area (Å²) in [5.41, 5.74) is -0.0356. The molecule has 0 saturated carbocycles. The minimum absolute atomic E-state index is 0.0356. The van der Waals surface area contributed by atoms with Crippen molar-refractivity contribution in [1.29, 1.82) is 0 Å². The number of ether oxygens (including phenoxy) is 1. The van der Waals surface area contributed by atoms with Crippen LogP contribution >= 0.6 is 11.3 Å². The summed E-state index contributed by atoms with van der Waals surface area (Å²) in [6.07, 6.45) is -2.62. The smallest absolute Gasteiger partial charge is 0.395 e. The molecule has 1 rings (SSSR count). The monoisotopic (exact) mass is 235 g/mol. The maximum atomic E-state index is 12.5. The van der Waals surface area contributed by atoms with E-state index < -0.39 is 6.11 Å². The quantitative estimate of drug-likeness (QED) is 0.795. The number of carbonyl (C=O) groups is 2. The Kier molecular flexibility index (Phi) is 3.35. The topological polar surface area (TPSA) is 55.4 Å². The Morgan fingerprint density at radius 3 is 2.67 bits per heavy atom. The number of rotatable bonds is 5. The van der Waals surface area contributed by atoms with Crippen molar-refractivity contribution in [3.63, 3.8) is 0 Å². The molecule has 0 radical (unpaired) electrons. The Balaban J connectivity index is 3.01. The van der Waals surface area contributed by atoms with Crippen LogP contribution in [0.1, 0.15) is 16.6 Å². The van der Waals surface area contributed by atoms with Gasteiger partial charge < -0.3 is 10.1 Å². The normalized spacial score (nSPS) is 10.9. The molecule has 0 bridgehead atoms. The Bertz CT molecular complexity index is 372. The largest absolute Gasteiger partial charge is 0.430 e.